The van der Waals surface area contributed by atoms with Gasteiger partial charge in [0.2, 0.25) is 0 Å². The first-order valence-corrected chi connectivity index (χ1v) is 9.77. The molecule has 146 valence electrons. The van der Waals surface area contributed by atoms with Gasteiger partial charge in [0.25, 0.3) is 5.70 Å². The number of fused-ring (bicyclic) bond motifs is 3. The molecule has 0 unspecified atom stereocenters. The summed E-state index contributed by atoms with van der Waals surface area (Å²) in [4.78, 5) is 22.1. The summed E-state index contributed by atoms with van der Waals surface area (Å²) in [6.07, 6.45) is 5.12. The van der Waals surface area contributed by atoms with Gasteiger partial charge in [0.05, 0.1) is 24.7 Å². The van der Waals surface area contributed by atoms with Crippen molar-refractivity contribution in [1.82, 2.24) is 19.7 Å². The highest BCUT2D eigenvalue weighted by Crippen LogP contribution is 2.41. The molecular formula is C18H24ClN5O3. The molecule has 0 bridgehead atoms. The minimum absolute atomic E-state index is 0.00240. The van der Waals surface area contributed by atoms with Crippen molar-refractivity contribution >= 4 is 11.6 Å². The smallest absolute Gasteiger partial charge is 0.300 e. The second-order valence-corrected chi connectivity index (χ2v) is 7.93. The van der Waals surface area contributed by atoms with Crippen LogP contribution in [0.4, 0.5) is 0 Å². The highest BCUT2D eigenvalue weighted by Gasteiger charge is 2.46. The van der Waals surface area contributed by atoms with Gasteiger partial charge in [-0.05, 0) is 30.4 Å². The molecule has 8 nitrogen and oxygen atoms in total. The highest BCUT2D eigenvalue weighted by atomic mass is 35.5. The first kappa shape index (κ1) is 18.5. The lowest BCUT2D eigenvalue weighted by atomic mass is 9.96. The lowest BCUT2D eigenvalue weighted by Crippen LogP contribution is -2.59. The molecule has 3 aliphatic rings. The maximum atomic E-state index is 11.9. The van der Waals surface area contributed by atoms with Gasteiger partial charge in [-0.3, -0.25) is 15.0 Å². The molecule has 0 spiro atoms. The number of hydrogen-bond acceptors (Lipinski definition) is 7. The predicted molar refractivity (Wildman–Crippen MR) is 100 cm³/mol. The molecule has 1 saturated heterocycles. The van der Waals surface area contributed by atoms with Crippen molar-refractivity contribution in [2.24, 2.45) is 5.92 Å². The van der Waals surface area contributed by atoms with Crippen LogP contribution >= 0.6 is 11.6 Å². The highest BCUT2D eigenvalue weighted by molar-refractivity contribution is 6.29. The Balaban J connectivity index is 1.70. The van der Waals surface area contributed by atoms with Crippen LogP contribution in [0.3, 0.4) is 0 Å². The fourth-order valence-corrected chi connectivity index (χ4v) is 4.82. The summed E-state index contributed by atoms with van der Waals surface area (Å²) in [6.45, 7) is 2.74. The summed E-state index contributed by atoms with van der Waals surface area (Å²) in [5.41, 5.74) is 1.21. The van der Waals surface area contributed by atoms with Crippen molar-refractivity contribution in [1.29, 1.82) is 0 Å². The molecule has 0 amide bonds. The molecule has 1 saturated carbocycles. The van der Waals surface area contributed by atoms with Gasteiger partial charge in [-0.1, -0.05) is 24.1 Å². The van der Waals surface area contributed by atoms with Crippen LogP contribution in [-0.2, 0) is 6.54 Å². The van der Waals surface area contributed by atoms with Gasteiger partial charge < -0.3 is 14.9 Å². The largest absolute Gasteiger partial charge is 0.395 e. The molecule has 1 aliphatic carbocycles. The Bertz CT molecular complexity index is 741. The van der Waals surface area contributed by atoms with Crippen molar-refractivity contribution < 1.29 is 10.0 Å². The van der Waals surface area contributed by atoms with Crippen LogP contribution in [-0.4, -0.2) is 68.7 Å². The quantitative estimate of drug-likeness (QED) is 0.463. The molecule has 9 heteroatoms. The minimum Gasteiger partial charge on any atom is -0.395 e. The summed E-state index contributed by atoms with van der Waals surface area (Å²) in [5.74, 6) is 1.25. The van der Waals surface area contributed by atoms with Crippen LogP contribution in [0.5, 0.6) is 0 Å². The fraction of sp³-hybridized carbons (Fsp3) is 0.611. The second-order valence-electron chi connectivity index (χ2n) is 7.54. The maximum absolute atomic E-state index is 11.9. The summed E-state index contributed by atoms with van der Waals surface area (Å²) in [5, 5.41) is 21.6. The Morgan fingerprint density at radius 3 is 2.93 bits per heavy atom. The van der Waals surface area contributed by atoms with Crippen molar-refractivity contribution in [3.8, 4) is 0 Å². The first-order chi connectivity index (χ1) is 13.1. The molecule has 1 N–H and O–H groups in total. The Labute approximate surface area is 163 Å². The Morgan fingerprint density at radius 2 is 2.22 bits per heavy atom. The van der Waals surface area contributed by atoms with E-state index in [0.29, 0.717) is 36.9 Å². The van der Waals surface area contributed by atoms with Crippen LogP contribution in [0.1, 0.15) is 24.8 Å². The Kier molecular flexibility index (Phi) is 5.21. The SMILES string of the molecule is O=[N+]([O-])C1=C2N(Cc3ccc(Cl)nc3)C[C@H]3CCC[C@H]3N2CN(CCO)C1. The predicted octanol–water partition coefficient (Wildman–Crippen LogP) is 1.73. The number of nitrogens with zero attached hydrogens (tertiary/aromatic N) is 5. The summed E-state index contributed by atoms with van der Waals surface area (Å²) >= 11 is 5.89. The Morgan fingerprint density at radius 1 is 1.37 bits per heavy atom. The Hall–Kier alpha value is -1.90. The molecule has 1 aromatic heterocycles. The first-order valence-electron chi connectivity index (χ1n) is 9.39. The number of aliphatic hydroxyl groups is 1. The number of nitro groups is 1. The molecule has 2 fully saturated rings. The third-order valence-corrected chi connectivity index (χ3v) is 6.05. The molecule has 1 aromatic rings. The molecule has 27 heavy (non-hydrogen) atoms. The zero-order valence-corrected chi connectivity index (χ0v) is 15.9. The van der Waals surface area contributed by atoms with E-state index in [0.717, 1.165) is 37.2 Å². The molecule has 4 rings (SSSR count). The second kappa shape index (κ2) is 7.61. The van der Waals surface area contributed by atoms with E-state index in [9.17, 15) is 15.2 Å². The fourth-order valence-electron chi connectivity index (χ4n) is 4.71. The van der Waals surface area contributed by atoms with E-state index >= 15 is 0 Å². The lowest BCUT2D eigenvalue weighted by molar-refractivity contribution is -0.434. The van der Waals surface area contributed by atoms with Gasteiger partial charge in [-0.15, -0.1) is 0 Å². The van der Waals surface area contributed by atoms with Gasteiger partial charge in [0.15, 0.2) is 5.82 Å². The summed E-state index contributed by atoms with van der Waals surface area (Å²) < 4.78 is 0. The van der Waals surface area contributed by atoms with E-state index in [2.05, 4.69) is 14.8 Å². The van der Waals surface area contributed by atoms with Gasteiger partial charge in [0, 0.05) is 31.9 Å². The van der Waals surface area contributed by atoms with Crippen LogP contribution in [0.15, 0.2) is 29.8 Å². The van der Waals surface area contributed by atoms with Crippen molar-refractivity contribution in [3.63, 3.8) is 0 Å². The molecule has 0 aromatic carbocycles. The van der Waals surface area contributed by atoms with E-state index in [1.807, 2.05) is 11.0 Å². The van der Waals surface area contributed by atoms with Gasteiger partial charge in [-0.2, -0.15) is 0 Å². The third kappa shape index (κ3) is 3.61. The third-order valence-electron chi connectivity index (χ3n) is 5.83. The monoisotopic (exact) mass is 393 g/mol. The van der Waals surface area contributed by atoms with Gasteiger partial charge >= 0.3 is 0 Å². The summed E-state index contributed by atoms with van der Waals surface area (Å²) in [7, 11) is 0. The zero-order valence-electron chi connectivity index (χ0n) is 15.1. The number of hydrogen-bond donors (Lipinski definition) is 1. The molecule has 2 aliphatic heterocycles. The normalized spacial score (nSPS) is 25.6. The number of β-amino-alcohol motifs (C(OH)–C–C–N with tert-alkyl or cyclic N) is 1. The van der Waals surface area contributed by atoms with Crippen molar-refractivity contribution in [3.05, 3.63) is 50.7 Å². The van der Waals surface area contributed by atoms with Gasteiger partial charge in [-0.25, -0.2) is 4.98 Å². The van der Waals surface area contributed by atoms with Crippen LogP contribution in [0, 0.1) is 16.0 Å². The van der Waals surface area contributed by atoms with Crippen LogP contribution in [0.2, 0.25) is 5.15 Å². The average molecular weight is 394 g/mol. The average Bonchev–Trinajstić information content (AvgIpc) is 3.12. The van der Waals surface area contributed by atoms with Crippen molar-refractivity contribution in [2.75, 3.05) is 32.9 Å². The van der Waals surface area contributed by atoms with E-state index in [1.165, 1.54) is 0 Å². The number of pyridine rings is 1. The van der Waals surface area contributed by atoms with E-state index in [1.54, 1.807) is 12.3 Å². The lowest BCUT2D eigenvalue weighted by Gasteiger charge is -2.50. The number of aliphatic hydroxyl groups excluding tert-OH is 1. The number of rotatable bonds is 5. The van der Waals surface area contributed by atoms with Crippen LogP contribution < -0.4 is 0 Å². The number of aromatic nitrogens is 1. The number of halogens is 1. The van der Waals surface area contributed by atoms with Crippen LogP contribution in [0.25, 0.3) is 0 Å². The summed E-state index contributed by atoms with van der Waals surface area (Å²) in [6, 6.07) is 4.02. The standard InChI is InChI=1S/C18H24ClN5O3/c19-17-5-4-13(8-20-17)9-22-10-14-2-1-3-15(14)23-12-21(6-7-25)11-16(18(22)23)24(26)27/h4-5,8,14-15,25H,1-3,6-7,9-12H2/t14-,15-/m1/s1. The van der Waals surface area contributed by atoms with E-state index in [-0.39, 0.29) is 23.8 Å². The molecule has 0 radical (unpaired) electrons. The molecular weight excluding hydrogens is 370 g/mol. The van der Waals surface area contributed by atoms with Crippen molar-refractivity contribution in [2.45, 2.75) is 31.8 Å². The van der Waals surface area contributed by atoms with Gasteiger partial charge in [0.1, 0.15) is 5.15 Å². The van der Waals surface area contributed by atoms with E-state index in [4.69, 9.17) is 11.6 Å². The molecule has 3 heterocycles. The zero-order chi connectivity index (χ0) is 19.0. The molecule has 2 atom stereocenters. The minimum atomic E-state index is -0.256. The topological polar surface area (TPSA) is 86.0 Å². The maximum Gasteiger partial charge on any atom is 0.300 e. The van der Waals surface area contributed by atoms with E-state index < -0.39 is 0 Å².